The van der Waals surface area contributed by atoms with Crippen molar-refractivity contribution in [3.05, 3.63) is 87.7 Å². The van der Waals surface area contributed by atoms with Gasteiger partial charge >= 0.3 is 11.9 Å². The molecule has 12 nitrogen and oxygen atoms in total. The molecule has 0 spiro atoms. The number of pyridine rings is 1. The Balaban J connectivity index is 0.815. The highest BCUT2D eigenvalue weighted by Gasteiger charge is 2.34. The summed E-state index contributed by atoms with van der Waals surface area (Å²) in [5, 5.41) is 9.85. The van der Waals surface area contributed by atoms with E-state index in [0.717, 1.165) is 112 Å². The van der Waals surface area contributed by atoms with Gasteiger partial charge in [-0.3, -0.25) is 33.5 Å². The van der Waals surface area contributed by atoms with Gasteiger partial charge in [-0.05, 0) is 119 Å². The molecule has 3 aromatic heterocycles. The number of aryl methyl sites for hydroxylation is 2. The van der Waals surface area contributed by atoms with Crippen LogP contribution in [0.1, 0.15) is 110 Å². The minimum atomic E-state index is -4.76. The van der Waals surface area contributed by atoms with Crippen LogP contribution < -0.4 is 16.3 Å². The number of halogens is 5. The van der Waals surface area contributed by atoms with Crippen molar-refractivity contribution in [2.45, 2.75) is 95.3 Å². The number of imidazole rings is 1. The van der Waals surface area contributed by atoms with Crippen molar-refractivity contribution in [1.82, 2.24) is 34.1 Å². The molecule has 8 rings (SSSR count). The molecule has 17 heteroatoms. The van der Waals surface area contributed by atoms with Gasteiger partial charge in [-0.15, -0.1) is 0 Å². The predicted molar refractivity (Wildman–Crippen MR) is 214 cm³/mol. The number of para-hydroxylation sites is 1. The Labute approximate surface area is 342 Å². The molecular formula is C43H47F5N8O4. The van der Waals surface area contributed by atoms with Gasteiger partial charge < -0.3 is 10.2 Å². The lowest BCUT2D eigenvalue weighted by atomic mass is 9.84. The second kappa shape index (κ2) is 16.9. The molecule has 5 heterocycles. The summed E-state index contributed by atoms with van der Waals surface area (Å²) in [7, 11) is 1.74. The lowest BCUT2D eigenvalue weighted by Crippen LogP contribution is -2.44. The molecule has 3 amide bonds. The van der Waals surface area contributed by atoms with Crippen LogP contribution in [0, 0.1) is 11.8 Å². The number of carbonyl (C=O) groups excluding carboxylic acids is 3. The maximum absolute atomic E-state index is 14.1. The quantitative estimate of drug-likeness (QED) is 0.103. The van der Waals surface area contributed by atoms with Crippen molar-refractivity contribution in [1.29, 1.82) is 0 Å². The largest absolute Gasteiger partial charge is 0.433 e. The molecule has 3 aliphatic rings. The first kappa shape index (κ1) is 41.3. The summed E-state index contributed by atoms with van der Waals surface area (Å²) in [5.74, 6) is -0.616. The van der Waals surface area contributed by atoms with Crippen LogP contribution in [0.3, 0.4) is 0 Å². The summed E-state index contributed by atoms with van der Waals surface area (Å²) in [6.07, 6.45) is 3.51. The average molecular weight is 835 g/mol. The summed E-state index contributed by atoms with van der Waals surface area (Å²) in [6, 6.07) is 10.7. The van der Waals surface area contributed by atoms with Gasteiger partial charge in [0.25, 0.3) is 12.3 Å². The number of nitrogens with one attached hydrogen (secondary N) is 2. The van der Waals surface area contributed by atoms with Gasteiger partial charge in [-0.1, -0.05) is 24.6 Å². The third-order valence-corrected chi connectivity index (χ3v) is 12.6. The van der Waals surface area contributed by atoms with Crippen molar-refractivity contribution in [3.63, 3.8) is 0 Å². The first-order valence-corrected chi connectivity index (χ1v) is 20.6. The summed E-state index contributed by atoms with van der Waals surface area (Å²) in [4.78, 5) is 56.4. The number of imide groups is 1. The van der Waals surface area contributed by atoms with Crippen LogP contribution in [0.4, 0.5) is 27.6 Å². The molecule has 1 saturated carbocycles. The Morgan fingerprint density at radius 2 is 1.70 bits per heavy atom. The van der Waals surface area contributed by atoms with E-state index in [1.54, 1.807) is 17.8 Å². The average Bonchev–Trinajstić information content (AvgIpc) is 3.75. The monoisotopic (exact) mass is 834 g/mol. The molecule has 60 heavy (non-hydrogen) atoms. The van der Waals surface area contributed by atoms with Gasteiger partial charge in [0.05, 0.1) is 28.3 Å². The molecule has 5 aromatic rings. The van der Waals surface area contributed by atoms with E-state index in [2.05, 4.69) is 31.7 Å². The number of likely N-dealkylation sites (tertiary alicyclic amines) is 1. The highest BCUT2D eigenvalue weighted by Crippen LogP contribution is 2.37. The Hall–Kier alpha value is -5.45. The molecule has 2 N–H and O–H groups in total. The number of fused-ring (bicyclic) bond motifs is 2. The van der Waals surface area contributed by atoms with Crippen LogP contribution in [0.5, 0.6) is 0 Å². The zero-order chi connectivity index (χ0) is 42.3. The summed E-state index contributed by atoms with van der Waals surface area (Å²) in [6.45, 7) is 3.12. The first-order valence-electron chi connectivity index (χ1n) is 20.6. The molecule has 3 fully saturated rings. The second-order valence-electron chi connectivity index (χ2n) is 16.5. The van der Waals surface area contributed by atoms with E-state index in [0.29, 0.717) is 29.2 Å². The molecule has 2 aliphatic heterocycles. The number of alkyl halides is 5. The van der Waals surface area contributed by atoms with E-state index in [4.69, 9.17) is 0 Å². The maximum Gasteiger partial charge on any atom is 0.433 e. The predicted octanol–water partition coefficient (Wildman–Crippen LogP) is 7.74. The van der Waals surface area contributed by atoms with E-state index in [1.807, 2.05) is 16.8 Å². The Kier molecular flexibility index (Phi) is 11.6. The van der Waals surface area contributed by atoms with Crippen LogP contribution in [-0.2, 0) is 29.2 Å². The fourth-order valence-electron chi connectivity index (χ4n) is 9.44. The van der Waals surface area contributed by atoms with Gasteiger partial charge in [0.2, 0.25) is 11.8 Å². The van der Waals surface area contributed by atoms with Crippen molar-refractivity contribution in [2.24, 2.45) is 18.9 Å². The lowest BCUT2D eigenvalue weighted by Gasteiger charge is -2.36. The van der Waals surface area contributed by atoms with E-state index in [1.165, 1.54) is 16.7 Å². The van der Waals surface area contributed by atoms with Crippen LogP contribution in [0.15, 0.2) is 59.5 Å². The number of hydrogen-bond donors (Lipinski definition) is 2. The van der Waals surface area contributed by atoms with Crippen LogP contribution in [0.2, 0.25) is 0 Å². The molecule has 2 aromatic carbocycles. The topological polar surface area (TPSA) is 136 Å². The summed E-state index contributed by atoms with van der Waals surface area (Å²) >= 11 is 0. The van der Waals surface area contributed by atoms with Crippen molar-refractivity contribution >= 4 is 45.3 Å². The zero-order valence-electron chi connectivity index (χ0n) is 33.2. The molecule has 1 aliphatic carbocycles. The van der Waals surface area contributed by atoms with E-state index in [9.17, 15) is 41.1 Å². The minimum absolute atomic E-state index is 0.0889. The molecule has 2 saturated heterocycles. The Morgan fingerprint density at radius 3 is 2.42 bits per heavy atom. The van der Waals surface area contributed by atoms with Gasteiger partial charge in [0, 0.05) is 37.2 Å². The van der Waals surface area contributed by atoms with Crippen LogP contribution >= 0.6 is 0 Å². The number of aromatic nitrogens is 5. The van der Waals surface area contributed by atoms with Gasteiger partial charge in [0.15, 0.2) is 0 Å². The lowest BCUT2D eigenvalue weighted by molar-refractivity contribution is -0.141. The standard InChI is InChI=1S/C43H47F5N8O4/c1-53-38-27(7-3-9-34(38)56(42(53)60)35-15-16-37(57)51-41(35)59)6-2-5-25-17-19-54(20-18-25)23-26-11-13-29(14-12-26)55-24-28-21-33(30(39(44)45)22-32(28)52-55)50-40(58)31-8-4-10-36(49-31)43(46,47)48/h3-4,7-10,21-22,24-26,29,35,39H,2,5-6,11-20,23H2,1H3,(H,50,58)(H,51,57,59)/t26-,29-,35?. The number of piperidine rings is 2. The number of amides is 3. The first-order chi connectivity index (χ1) is 28.7. The van der Waals surface area contributed by atoms with Crippen molar-refractivity contribution in [3.8, 4) is 0 Å². The summed E-state index contributed by atoms with van der Waals surface area (Å²) < 4.78 is 72.7. The van der Waals surface area contributed by atoms with E-state index in [-0.39, 0.29) is 29.7 Å². The van der Waals surface area contributed by atoms with Crippen LogP contribution in [0.25, 0.3) is 21.9 Å². The normalized spacial score (nSPS) is 20.9. The molecule has 318 valence electrons. The molecule has 0 radical (unpaired) electrons. The van der Waals surface area contributed by atoms with E-state index < -0.39 is 47.4 Å². The zero-order valence-corrected chi connectivity index (χ0v) is 33.2. The Morgan fingerprint density at radius 1 is 0.950 bits per heavy atom. The van der Waals surface area contributed by atoms with Crippen LogP contribution in [-0.4, -0.2) is 66.2 Å². The number of hydrogen-bond acceptors (Lipinski definition) is 7. The second-order valence-corrected chi connectivity index (χ2v) is 16.5. The molecule has 1 atom stereocenters. The number of carbonyl (C=O) groups is 3. The van der Waals surface area contributed by atoms with Crippen molar-refractivity contribution < 1.29 is 36.3 Å². The maximum atomic E-state index is 14.1. The number of anilines is 1. The van der Waals surface area contributed by atoms with Gasteiger partial charge in [-0.2, -0.15) is 18.3 Å². The Bertz CT molecular complexity index is 2480. The van der Waals surface area contributed by atoms with Gasteiger partial charge in [-0.25, -0.2) is 18.6 Å². The number of rotatable bonds is 11. The SMILES string of the molecule is Cn1c(=O)n(C2CCC(=O)NC2=O)c2cccc(CCCC3CCN(C[C@H]4CC[C@H](n5cc6cc(NC(=O)c7cccc(C(F)(F)F)n7)c(C(F)F)cc6n5)CC4)CC3)c21. The minimum Gasteiger partial charge on any atom is -0.320 e. The highest BCUT2D eigenvalue weighted by atomic mass is 19.4. The van der Waals surface area contributed by atoms with Crippen molar-refractivity contribution in [2.75, 3.05) is 25.0 Å². The highest BCUT2D eigenvalue weighted by molar-refractivity contribution is 6.04. The smallest absolute Gasteiger partial charge is 0.320 e. The third-order valence-electron chi connectivity index (χ3n) is 12.6. The number of benzene rings is 2. The fourth-order valence-corrected chi connectivity index (χ4v) is 9.44. The molecule has 0 bridgehead atoms. The van der Waals surface area contributed by atoms with E-state index >= 15 is 0 Å². The number of nitrogens with zero attached hydrogens (tertiary/aromatic N) is 6. The third kappa shape index (κ3) is 8.58. The van der Waals surface area contributed by atoms with Gasteiger partial charge in [0.1, 0.15) is 17.4 Å². The fraction of sp³-hybridized carbons (Fsp3) is 0.488. The molecule has 1 unspecified atom stereocenters. The summed E-state index contributed by atoms with van der Waals surface area (Å²) in [5.41, 5.74) is 0.237. The molecular weight excluding hydrogens is 788 g/mol.